The molecule has 3 aromatic rings. The van der Waals surface area contributed by atoms with E-state index in [1.54, 1.807) is 44.4 Å². The smallest absolute Gasteiger partial charge is 0.261 e. The van der Waals surface area contributed by atoms with Crippen LogP contribution in [0.3, 0.4) is 0 Å². The highest BCUT2D eigenvalue weighted by molar-refractivity contribution is 7.92. The maximum absolute atomic E-state index is 12.6. The fraction of sp³-hybridized carbons (Fsp3) is 0.208. The molecule has 0 spiro atoms. The highest BCUT2D eigenvalue weighted by Crippen LogP contribution is 2.24. The van der Waals surface area contributed by atoms with Gasteiger partial charge >= 0.3 is 0 Å². The van der Waals surface area contributed by atoms with Crippen molar-refractivity contribution in [3.8, 4) is 11.5 Å². The molecule has 0 heterocycles. The van der Waals surface area contributed by atoms with Gasteiger partial charge in [0.2, 0.25) is 0 Å². The van der Waals surface area contributed by atoms with Crippen LogP contribution in [0.25, 0.3) is 0 Å². The van der Waals surface area contributed by atoms with Gasteiger partial charge in [0.1, 0.15) is 11.5 Å². The Kier molecular flexibility index (Phi) is 7.37. The van der Waals surface area contributed by atoms with Crippen LogP contribution in [0.4, 0.5) is 5.69 Å². The van der Waals surface area contributed by atoms with Gasteiger partial charge in [0.05, 0.1) is 18.0 Å². The van der Waals surface area contributed by atoms with E-state index in [0.29, 0.717) is 17.0 Å². The highest BCUT2D eigenvalue weighted by Gasteiger charge is 2.16. The van der Waals surface area contributed by atoms with Gasteiger partial charge < -0.3 is 14.8 Å². The number of benzene rings is 3. The zero-order chi connectivity index (χ0) is 23.1. The first-order valence-corrected chi connectivity index (χ1v) is 11.5. The van der Waals surface area contributed by atoms with Gasteiger partial charge in [0.25, 0.3) is 15.9 Å². The van der Waals surface area contributed by atoms with E-state index < -0.39 is 10.0 Å². The SMILES string of the molecule is COc1ccc(C(C)NC(=O)COc2ccc(S(=O)(=O)Nc3ccccc3)cc2C)cc1. The molecule has 1 unspecified atom stereocenters. The molecule has 0 aliphatic carbocycles. The second kappa shape index (κ2) is 10.2. The molecule has 0 aliphatic heterocycles. The summed E-state index contributed by atoms with van der Waals surface area (Å²) in [6, 6.07) is 20.4. The molecule has 3 rings (SSSR count). The Bertz CT molecular complexity index is 1160. The predicted octanol–water partition coefficient (Wildman–Crippen LogP) is 4.06. The van der Waals surface area contributed by atoms with Crippen LogP contribution in [0.2, 0.25) is 0 Å². The van der Waals surface area contributed by atoms with Crippen molar-refractivity contribution in [2.24, 2.45) is 0 Å². The molecule has 0 aromatic heterocycles. The summed E-state index contributed by atoms with van der Waals surface area (Å²) >= 11 is 0. The van der Waals surface area contributed by atoms with E-state index in [1.807, 2.05) is 37.3 Å². The van der Waals surface area contributed by atoms with Crippen LogP contribution < -0.4 is 19.5 Å². The summed E-state index contributed by atoms with van der Waals surface area (Å²) in [6.45, 7) is 3.43. The van der Waals surface area contributed by atoms with Crippen molar-refractivity contribution in [3.63, 3.8) is 0 Å². The summed E-state index contributed by atoms with van der Waals surface area (Å²) in [4.78, 5) is 12.4. The van der Waals surface area contributed by atoms with Crippen molar-refractivity contribution in [2.45, 2.75) is 24.8 Å². The number of amides is 1. The monoisotopic (exact) mass is 454 g/mol. The largest absolute Gasteiger partial charge is 0.497 e. The molecule has 7 nitrogen and oxygen atoms in total. The van der Waals surface area contributed by atoms with Crippen LogP contribution in [0.15, 0.2) is 77.7 Å². The van der Waals surface area contributed by atoms with Crippen molar-refractivity contribution in [1.29, 1.82) is 0 Å². The fourth-order valence-electron chi connectivity index (χ4n) is 3.07. The lowest BCUT2D eigenvalue weighted by atomic mass is 10.1. The number of anilines is 1. The van der Waals surface area contributed by atoms with E-state index in [4.69, 9.17) is 9.47 Å². The Balaban J connectivity index is 1.58. The van der Waals surface area contributed by atoms with Gasteiger partial charge in [-0.05, 0) is 67.4 Å². The molecule has 0 radical (unpaired) electrons. The molecule has 0 fully saturated rings. The zero-order valence-electron chi connectivity index (χ0n) is 18.2. The first-order valence-electron chi connectivity index (χ1n) is 10.0. The predicted molar refractivity (Wildman–Crippen MR) is 123 cm³/mol. The van der Waals surface area contributed by atoms with Crippen LogP contribution in [-0.4, -0.2) is 28.0 Å². The number of hydrogen-bond donors (Lipinski definition) is 2. The van der Waals surface area contributed by atoms with Gasteiger partial charge in [-0.1, -0.05) is 30.3 Å². The maximum atomic E-state index is 12.6. The summed E-state index contributed by atoms with van der Waals surface area (Å²) in [7, 11) is -2.13. The summed E-state index contributed by atoms with van der Waals surface area (Å²) < 4.78 is 38.5. The number of carbonyl (C=O) groups is 1. The Morgan fingerprint density at radius 1 is 1.00 bits per heavy atom. The molecule has 8 heteroatoms. The number of rotatable bonds is 9. The Morgan fingerprint density at radius 2 is 1.69 bits per heavy atom. The molecule has 1 atom stereocenters. The molecule has 0 aliphatic rings. The van der Waals surface area contributed by atoms with E-state index in [0.717, 1.165) is 11.3 Å². The first kappa shape index (κ1) is 23.1. The lowest BCUT2D eigenvalue weighted by molar-refractivity contribution is -0.123. The third-order valence-corrected chi connectivity index (χ3v) is 6.21. The number of para-hydroxylation sites is 1. The standard InChI is InChI=1S/C24H26N2O5S/c1-17-15-22(32(28,29)26-20-7-5-4-6-8-20)13-14-23(17)31-16-24(27)25-18(2)19-9-11-21(30-3)12-10-19/h4-15,18,26H,16H2,1-3H3,(H,25,27). The van der Waals surface area contributed by atoms with Crippen molar-refractivity contribution in [3.05, 3.63) is 83.9 Å². The van der Waals surface area contributed by atoms with E-state index in [1.165, 1.54) is 12.1 Å². The number of sulfonamides is 1. The molecule has 0 bridgehead atoms. The second-order valence-corrected chi connectivity index (χ2v) is 8.93. The average Bonchev–Trinajstić information content (AvgIpc) is 2.78. The fourth-order valence-corrected chi connectivity index (χ4v) is 4.22. The summed E-state index contributed by atoms with van der Waals surface area (Å²) in [5.74, 6) is 0.904. The van der Waals surface area contributed by atoms with Gasteiger partial charge in [-0.2, -0.15) is 0 Å². The molecule has 2 N–H and O–H groups in total. The quantitative estimate of drug-likeness (QED) is 0.509. The minimum absolute atomic E-state index is 0.115. The molecule has 32 heavy (non-hydrogen) atoms. The maximum Gasteiger partial charge on any atom is 0.261 e. The number of nitrogens with one attached hydrogen (secondary N) is 2. The van der Waals surface area contributed by atoms with Gasteiger partial charge in [0.15, 0.2) is 6.61 Å². The summed E-state index contributed by atoms with van der Waals surface area (Å²) in [5, 5.41) is 2.88. The van der Waals surface area contributed by atoms with Crippen LogP contribution in [-0.2, 0) is 14.8 Å². The number of hydrogen-bond acceptors (Lipinski definition) is 5. The van der Waals surface area contributed by atoms with Gasteiger partial charge in [-0.15, -0.1) is 0 Å². The molecule has 0 saturated carbocycles. The molecule has 168 valence electrons. The summed E-state index contributed by atoms with van der Waals surface area (Å²) in [5.41, 5.74) is 2.03. The van der Waals surface area contributed by atoms with Gasteiger partial charge in [0, 0.05) is 5.69 Å². The van der Waals surface area contributed by atoms with E-state index >= 15 is 0 Å². The molecule has 0 saturated heterocycles. The van der Waals surface area contributed by atoms with Crippen LogP contribution in [0.1, 0.15) is 24.1 Å². The summed E-state index contributed by atoms with van der Waals surface area (Å²) in [6.07, 6.45) is 0. The van der Waals surface area contributed by atoms with Crippen LogP contribution in [0, 0.1) is 6.92 Å². The second-order valence-electron chi connectivity index (χ2n) is 7.25. The van der Waals surface area contributed by atoms with Crippen molar-refractivity contribution in [2.75, 3.05) is 18.4 Å². The molecule has 1 amide bonds. The zero-order valence-corrected chi connectivity index (χ0v) is 19.0. The van der Waals surface area contributed by atoms with E-state index in [9.17, 15) is 13.2 Å². The number of ether oxygens (including phenoxy) is 2. The first-order chi connectivity index (χ1) is 15.3. The molecular weight excluding hydrogens is 428 g/mol. The minimum atomic E-state index is -3.73. The van der Waals surface area contributed by atoms with E-state index in [-0.39, 0.29) is 23.5 Å². The topological polar surface area (TPSA) is 93.7 Å². The minimum Gasteiger partial charge on any atom is -0.497 e. The normalized spacial score (nSPS) is 12.0. The molecule has 3 aromatic carbocycles. The Hall–Kier alpha value is -3.52. The van der Waals surface area contributed by atoms with Crippen molar-refractivity contribution < 1.29 is 22.7 Å². The number of aryl methyl sites for hydroxylation is 1. The van der Waals surface area contributed by atoms with Crippen molar-refractivity contribution in [1.82, 2.24) is 5.32 Å². The van der Waals surface area contributed by atoms with E-state index in [2.05, 4.69) is 10.0 Å². The Labute approximate surface area is 188 Å². The third-order valence-electron chi connectivity index (χ3n) is 4.83. The van der Waals surface area contributed by atoms with Crippen LogP contribution >= 0.6 is 0 Å². The Morgan fingerprint density at radius 3 is 2.31 bits per heavy atom. The van der Waals surface area contributed by atoms with Gasteiger partial charge in [-0.25, -0.2) is 8.42 Å². The highest BCUT2D eigenvalue weighted by atomic mass is 32.2. The number of carbonyl (C=O) groups excluding carboxylic acids is 1. The lowest BCUT2D eigenvalue weighted by Gasteiger charge is -2.16. The van der Waals surface area contributed by atoms with Crippen LogP contribution in [0.5, 0.6) is 11.5 Å². The lowest BCUT2D eigenvalue weighted by Crippen LogP contribution is -2.31. The third kappa shape index (κ3) is 6.01. The molecular formula is C24H26N2O5S. The average molecular weight is 455 g/mol. The van der Waals surface area contributed by atoms with Crippen molar-refractivity contribution >= 4 is 21.6 Å². The number of methoxy groups -OCH3 is 1. The van der Waals surface area contributed by atoms with Gasteiger partial charge in [-0.3, -0.25) is 9.52 Å².